The van der Waals surface area contributed by atoms with Crippen LogP contribution in [0.15, 0.2) is 59.4 Å². The summed E-state index contributed by atoms with van der Waals surface area (Å²) in [5.41, 5.74) is -1.70. The lowest BCUT2D eigenvalue weighted by atomic mass is 10.2. The Morgan fingerprint density at radius 2 is 1.84 bits per heavy atom. The van der Waals surface area contributed by atoms with Gasteiger partial charge in [0.2, 0.25) is 5.43 Å². The van der Waals surface area contributed by atoms with Crippen molar-refractivity contribution >= 4 is 5.91 Å². The van der Waals surface area contributed by atoms with Crippen LogP contribution in [0.25, 0.3) is 5.69 Å². The highest BCUT2D eigenvalue weighted by Crippen LogP contribution is 2.30. The van der Waals surface area contributed by atoms with Gasteiger partial charge in [-0.15, -0.1) is 0 Å². The van der Waals surface area contributed by atoms with E-state index in [1.54, 1.807) is 0 Å². The van der Waals surface area contributed by atoms with Crippen LogP contribution in [0, 0.1) is 12.7 Å². The van der Waals surface area contributed by atoms with Crippen LogP contribution in [0.4, 0.5) is 17.6 Å². The van der Waals surface area contributed by atoms with Crippen LogP contribution in [0.2, 0.25) is 0 Å². The summed E-state index contributed by atoms with van der Waals surface area (Å²) >= 11 is 0. The largest absolute Gasteiger partial charge is 0.492 e. The van der Waals surface area contributed by atoms with E-state index in [9.17, 15) is 27.2 Å². The van der Waals surface area contributed by atoms with Crippen LogP contribution in [0.5, 0.6) is 5.75 Å². The molecule has 3 aromatic rings. The highest BCUT2D eigenvalue weighted by Gasteiger charge is 2.30. The maximum Gasteiger partial charge on any atom is 0.416 e. The van der Waals surface area contributed by atoms with Crippen molar-refractivity contribution in [2.75, 3.05) is 13.2 Å². The monoisotopic (exact) mass is 435 g/mol. The number of alkyl halides is 3. The number of hydrogen-bond acceptors (Lipinski definition) is 4. The molecule has 1 aromatic heterocycles. The molecular formula is C21H17F4N3O3. The van der Waals surface area contributed by atoms with Gasteiger partial charge < -0.3 is 10.1 Å². The fraction of sp³-hybridized carbons (Fsp3) is 0.190. The molecule has 1 heterocycles. The van der Waals surface area contributed by atoms with E-state index in [1.807, 2.05) is 0 Å². The van der Waals surface area contributed by atoms with Crippen molar-refractivity contribution in [1.82, 2.24) is 15.1 Å². The molecule has 10 heteroatoms. The van der Waals surface area contributed by atoms with E-state index in [-0.39, 0.29) is 24.5 Å². The molecular weight excluding hydrogens is 418 g/mol. The second kappa shape index (κ2) is 8.99. The Bertz CT molecular complexity index is 1140. The number of halogens is 4. The summed E-state index contributed by atoms with van der Waals surface area (Å²) < 4.78 is 58.3. The Morgan fingerprint density at radius 1 is 1.13 bits per heavy atom. The number of carbonyl (C=O) groups is 1. The average Bonchev–Trinajstić information content (AvgIpc) is 2.72. The summed E-state index contributed by atoms with van der Waals surface area (Å²) in [6.45, 7) is 1.56. The molecule has 0 atom stereocenters. The summed E-state index contributed by atoms with van der Waals surface area (Å²) in [6.07, 6.45) is -4.55. The van der Waals surface area contributed by atoms with E-state index in [4.69, 9.17) is 4.74 Å². The lowest BCUT2D eigenvalue weighted by Gasteiger charge is -2.13. The zero-order valence-electron chi connectivity index (χ0n) is 16.2. The van der Waals surface area contributed by atoms with Gasteiger partial charge >= 0.3 is 6.18 Å². The van der Waals surface area contributed by atoms with Crippen molar-refractivity contribution in [3.05, 3.63) is 87.6 Å². The molecule has 162 valence electrons. The molecule has 6 nitrogen and oxygen atoms in total. The predicted octanol–water partition coefficient (Wildman–Crippen LogP) is 3.51. The number of rotatable bonds is 6. The molecule has 0 aliphatic carbocycles. The number of amides is 1. The van der Waals surface area contributed by atoms with Crippen molar-refractivity contribution in [3.8, 4) is 11.4 Å². The quantitative estimate of drug-likeness (QED) is 0.475. The van der Waals surface area contributed by atoms with Gasteiger partial charge in [0.25, 0.3) is 5.91 Å². The fourth-order valence-electron chi connectivity index (χ4n) is 2.73. The van der Waals surface area contributed by atoms with Gasteiger partial charge in [-0.25, -0.2) is 9.07 Å². The summed E-state index contributed by atoms with van der Waals surface area (Å²) in [5.74, 6) is -0.812. The topological polar surface area (TPSA) is 73.2 Å². The first-order valence-corrected chi connectivity index (χ1v) is 9.10. The zero-order chi connectivity index (χ0) is 22.6. The van der Waals surface area contributed by atoms with Gasteiger partial charge in [0.1, 0.15) is 18.2 Å². The normalized spacial score (nSPS) is 11.3. The van der Waals surface area contributed by atoms with Crippen LogP contribution in [0.3, 0.4) is 0 Å². The zero-order valence-corrected chi connectivity index (χ0v) is 16.2. The van der Waals surface area contributed by atoms with Gasteiger partial charge in [0.15, 0.2) is 5.69 Å². The maximum atomic E-state index is 13.0. The highest BCUT2D eigenvalue weighted by atomic mass is 19.4. The molecule has 0 aliphatic heterocycles. The van der Waals surface area contributed by atoms with Crippen LogP contribution >= 0.6 is 0 Å². The summed E-state index contributed by atoms with van der Waals surface area (Å²) in [7, 11) is 0. The maximum absolute atomic E-state index is 13.0. The minimum Gasteiger partial charge on any atom is -0.492 e. The number of benzene rings is 2. The van der Waals surface area contributed by atoms with Crippen molar-refractivity contribution in [1.29, 1.82) is 0 Å². The molecule has 0 saturated heterocycles. The number of hydrogen-bond donors (Lipinski definition) is 1. The van der Waals surface area contributed by atoms with E-state index >= 15 is 0 Å². The minimum absolute atomic E-state index is 0.0226. The van der Waals surface area contributed by atoms with Crippen LogP contribution in [0.1, 0.15) is 21.7 Å². The first-order chi connectivity index (χ1) is 14.6. The van der Waals surface area contributed by atoms with E-state index in [1.165, 1.54) is 43.3 Å². The van der Waals surface area contributed by atoms with E-state index in [2.05, 4.69) is 10.4 Å². The van der Waals surface area contributed by atoms with Crippen LogP contribution < -0.4 is 15.5 Å². The first kappa shape index (κ1) is 22.0. The number of nitrogens with zero attached hydrogens (tertiary/aromatic N) is 2. The summed E-state index contributed by atoms with van der Waals surface area (Å²) in [4.78, 5) is 24.6. The number of aromatic nitrogens is 2. The highest BCUT2D eigenvalue weighted by molar-refractivity contribution is 5.92. The van der Waals surface area contributed by atoms with Gasteiger partial charge in [-0.3, -0.25) is 9.59 Å². The Hall–Kier alpha value is -3.69. The first-order valence-electron chi connectivity index (χ1n) is 9.10. The van der Waals surface area contributed by atoms with E-state index in [0.29, 0.717) is 5.75 Å². The summed E-state index contributed by atoms with van der Waals surface area (Å²) in [6, 6.07) is 10.8. The van der Waals surface area contributed by atoms with E-state index < -0.39 is 34.6 Å². The van der Waals surface area contributed by atoms with Crippen molar-refractivity contribution in [2.24, 2.45) is 0 Å². The molecule has 1 N–H and O–H groups in total. The number of aryl methyl sites for hydroxylation is 1. The minimum atomic E-state index is -4.55. The molecule has 0 radical (unpaired) electrons. The average molecular weight is 435 g/mol. The Kier molecular flexibility index (Phi) is 6.38. The third-order valence-corrected chi connectivity index (χ3v) is 4.21. The Morgan fingerprint density at radius 3 is 2.52 bits per heavy atom. The third kappa shape index (κ3) is 5.47. The SMILES string of the molecule is Cc1cc(=O)c(C(=O)NCCOc2ccc(F)cc2)nn1-c1cccc(C(F)(F)F)c1. The van der Waals surface area contributed by atoms with Gasteiger partial charge in [0.05, 0.1) is 17.8 Å². The van der Waals surface area contributed by atoms with Gasteiger partial charge in [-0.05, 0) is 49.4 Å². The Balaban J connectivity index is 1.74. The van der Waals surface area contributed by atoms with Gasteiger partial charge in [-0.2, -0.15) is 18.3 Å². The fourth-order valence-corrected chi connectivity index (χ4v) is 2.73. The molecule has 31 heavy (non-hydrogen) atoms. The van der Waals surface area contributed by atoms with E-state index in [0.717, 1.165) is 22.9 Å². The molecule has 0 unspecified atom stereocenters. The molecule has 2 aromatic carbocycles. The summed E-state index contributed by atoms with van der Waals surface area (Å²) in [5, 5.41) is 6.42. The van der Waals surface area contributed by atoms with Crippen molar-refractivity contribution in [2.45, 2.75) is 13.1 Å². The lowest BCUT2D eigenvalue weighted by Crippen LogP contribution is -2.34. The number of ether oxygens (including phenoxy) is 1. The molecule has 0 aliphatic rings. The van der Waals surface area contributed by atoms with Crippen LogP contribution in [-0.4, -0.2) is 28.8 Å². The number of carbonyl (C=O) groups excluding carboxylic acids is 1. The Labute approximate surface area is 174 Å². The van der Waals surface area contributed by atoms with Crippen molar-refractivity contribution in [3.63, 3.8) is 0 Å². The van der Waals surface area contributed by atoms with Crippen molar-refractivity contribution < 1.29 is 27.1 Å². The second-order valence-electron chi connectivity index (χ2n) is 6.52. The molecule has 3 rings (SSSR count). The third-order valence-electron chi connectivity index (χ3n) is 4.21. The molecule has 0 spiro atoms. The number of nitrogens with one attached hydrogen (secondary N) is 1. The molecule has 1 amide bonds. The predicted molar refractivity (Wildman–Crippen MR) is 104 cm³/mol. The lowest BCUT2D eigenvalue weighted by molar-refractivity contribution is -0.137. The molecule has 0 bridgehead atoms. The smallest absolute Gasteiger partial charge is 0.416 e. The second-order valence-corrected chi connectivity index (χ2v) is 6.52. The molecule has 0 fully saturated rings. The van der Waals surface area contributed by atoms with Crippen LogP contribution in [-0.2, 0) is 6.18 Å². The molecule has 0 saturated carbocycles. The van der Waals surface area contributed by atoms with Gasteiger partial charge in [-0.1, -0.05) is 6.07 Å². The van der Waals surface area contributed by atoms with Gasteiger partial charge in [0, 0.05) is 11.8 Å². The standard InChI is InChI=1S/C21H17F4N3O3/c1-13-11-18(29)19(20(30)26-9-10-31-17-7-5-15(22)6-8-17)27-28(13)16-4-2-3-14(12-16)21(23,24)25/h2-8,11-12H,9-10H2,1H3,(H,26,30).